The van der Waals surface area contributed by atoms with E-state index in [4.69, 9.17) is 0 Å². The summed E-state index contributed by atoms with van der Waals surface area (Å²) in [6.07, 6.45) is 7.29. The molecule has 0 spiro atoms. The van der Waals surface area contributed by atoms with E-state index in [-0.39, 0.29) is 156 Å². The van der Waals surface area contributed by atoms with Crippen molar-refractivity contribution in [2.45, 2.75) is 113 Å². The van der Waals surface area contributed by atoms with E-state index in [9.17, 15) is 88.2 Å². The Morgan fingerprint density at radius 2 is 0.705 bits per heavy atom. The first-order valence-corrected chi connectivity index (χ1v) is 36.7. The normalized spacial score (nSPS) is 16.2. The van der Waals surface area contributed by atoms with Gasteiger partial charge in [-0.05, 0) is 187 Å². The van der Waals surface area contributed by atoms with Crippen LogP contribution in [0.1, 0.15) is 222 Å². The first-order chi connectivity index (χ1) is 53.0. The Bertz CT molecular complexity index is 5050. The van der Waals surface area contributed by atoms with Gasteiger partial charge >= 0.3 is 0 Å². The monoisotopic (exact) mass is 1530 g/mol. The number of Topliss-reactive ketones (excluding diaryl/α,β-unsaturated/α-hetero) is 7. The molecule has 6 aliphatic carbocycles. The predicted octanol–water partition coefficient (Wildman–Crippen LogP) is 11.1. The van der Waals surface area contributed by atoms with Crippen molar-refractivity contribution in [3.8, 4) is 34.5 Å². The van der Waals surface area contributed by atoms with Gasteiger partial charge in [0.15, 0.2) is 69.4 Å². The average molecular weight is 1530 g/mol. The van der Waals surface area contributed by atoms with Gasteiger partial charge in [-0.1, -0.05) is 93.6 Å². The zero-order valence-electron chi connectivity index (χ0n) is 65.8. The van der Waals surface area contributed by atoms with Crippen molar-refractivity contribution in [2.75, 3.05) is 61.9 Å². The molecule has 0 amide bonds. The molecule has 112 heavy (non-hydrogen) atoms. The van der Waals surface area contributed by atoms with Gasteiger partial charge in [-0.15, -0.1) is 0 Å². The molecule has 12 N–H and O–H groups in total. The van der Waals surface area contributed by atoms with Gasteiger partial charge in [-0.2, -0.15) is 0 Å². The number of nitrogens with one attached hydrogen (secondary N) is 6. The van der Waals surface area contributed by atoms with Crippen LogP contribution in [0.3, 0.4) is 0 Å². The third-order valence-electron chi connectivity index (χ3n) is 20.4. The summed E-state index contributed by atoms with van der Waals surface area (Å²) in [4.78, 5) is 145. The van der Waals surface area contributed by atoms with Crippen LogP contribution in [0.15, 0.2) is 160 Å². The molecular weight excluding hydrogens is 1430 g/mol. The minimum atomic E-state index is -0.476. The number of benzene rings is 6. The maximum Gasteiger partial charge on any atom is 0.194 e. The smallest absolute Gasteiger partial charge is 0.194 e. The summed E-state index contributed by atoms with van der Waals surface area (Å²) in [5.74, 6) is -4.18. The molecule has 6 aliphatic rings. The van der Waals surface area contributed by atoms with E-state index in [1.165, 1.54) is 24.3 Å². The van der Waals surface area contributed by atoms with Crippen LogP contribution < -0.4 is 31.9 Å². The Morgan fingerprint density at radius 1 is 0.330 bits per heavy atom. The number of phenolic OH excluding ortho intramolecular Hbond substituents is 6. The van der Waals surface area contributed by atoms with E-state index < -0.39 is 23.1 Å². The first-order valence-electron chi connectivity index (χ1n) is 36.7. The van der Waals surface area contributed by atoms with Gasteiger partial charge in [-0.3, -0.25) is 57.5 Å². The van der Waals surface area contributed by atoms with Crippen LogP contribution in [0.5, 0.6) is 34.5 Å². The zero-order valence-corrected chi connectivity index (χ0v) is 65.8. The minimum Gasteiger partial charge on any atom is -0.507 e. The van der Waals surface area contributed by atoms with E-state index in [0.717, 1.165) is 24.3 Å². The molecular formula is C88H98N6O18. The molecule has 24 heteroatoms. The molecule has 0 saturated carbocycles. The van der Waals surface area contributed by atoms with Crippen molar-refractivity contribution in [2.24, 2.45) is 11.8 Å². The number of rotatable bonds is 18. The number of aromatic hydroxyl groups is 6. The summed E-state index contributed by atoms with van der Waals surface area (Å²) in [5, 5.41) is 78.4. The lowest BCUT2D eigenvalue weighted by atomic mass is 9.79. The molecule has 0 heterocycles. The summed E-state index contributed by atoms with van der Waals surface area (Å²) in [6, 6.07) is 24.9. The Labute approximate surface area is 651 Å². The van der Waals surface area contributed by atoms with Crippen molar-refractivity contribution in [3.63, 3.8) is 0 Å². The summed E-state index contributed by atoms with van der Waals surface area (Å²) < 4.78 is 0. The molecule has 24 nitrogen and oxygen atoms in total. The molecule has 6 aromatic carbocycles. The van der Waals surface area contributed by atoms with Gasteiger partial charge < -0.3 is 62.5 Å². The topological polar surface area (TPSA) is 398 Å². The fraction of sp³-hybridized carbons (Fsp3) is 0.318. The second-order valence-corrected chi connectivity index (χ2v) is 28.3. The van der Waals surface area contributed by atoms with Crippen LogP contribution in [-0.2, 0) is 6.42 Å². The van der Waals surface area contributed by atoms with Gasteiger partial charge in [0.25, 0.3) is 0 Å². The molecule has 0 fully saturated rings. The minimum absolute atomic E-state index is 0.00884. The lowest BCUT2D eigenvalue weighted by Gasteiger charge is -2.23. The standard InChI is InChI=1S/C15H17NO4.C15H17NO3.2C15H17NO2.C14H15NO4.C14H15NO3/c1-7(6-16-3)11-8(2)14(19)12-9(17)4-5-10(18)13(12)15(11)20;1-8(7-16-3)12-9(2)14(18)10-5-4-6-11(17)13(10)15(12)19;1-9(8-16-3)13-10(2)14(17)11-6-4-5-7-12(11)15(13)18;1-9(16-3)8-13-10(2)14(17)11-6-4-5-7-12(11)15(13)18;1-7(15-2)5-8-6-11(18)12-9(16)3-4-10(17)13(12)14(8)19;1-8(15-2)6-9-7-12(17)10-4-3-5-11(16)13(10)14(9)18/h4-5,7,16,19-20H,6H2,1-3H3;4-6,8,16-17H,7H2,1-3H3;2*4-7,9,16H,8H2,1-3H3;3-4,6-7,15,18-19H,5H2,1-2H3;3-5,7-8,15-16H,6H2,1-2H3. The van der Waals surface area contributed by atoms with Crippen LogP contribution >= 0.6 is 0 Å². The number of likely N-dealkylation sites (N-methyl/N-ethyl adjacent to an activating group) is 2. The molecule has 6 aromatic rings. The van der Waals surface area contributed by atoms with Gasteiger partial charge in [0.2, 0.25) is 0 Å². The van der Waals surface area contributed by atoms with E-state index in [1.54, 1.807) is 129 Å². The maximum atomic E-state index is 12.5. The highest BCUT2D eigenvalue weighted by molar-refractivity contribution is 6.30. The van der Waals surface area contributed by atoms with Gasteiger partial charge in [0.1, 0.15) is 34.5 Å². The quantitative estimate of drug-likeness (QED) is 0.0356. The highest BCUT2D eigenvalue weighted by Gasteiger charge is 2.38. The van der Waals surface area contributed by atoms with Gasteiger partial charge in [0, 0.05) is 116 Å². The molecule has 0 aliphatic heterocycles. The fourth-order valence-corrected chi connectivity index (χ4v) is 14.1. The molecule has 6 unspecified atom stereocenters. The second kappa shape index (κ2) is 38.3. The lowest BCUT2D eigenvalue weighted by Crippen LogP contribution is -2.28. The van der Waals surface area contributed by atoms with Crippen molar-refractivity contribution in [1.29, 1.82) is 0 Å². The summed E-state index contributed by atoms with van der Waals surface area (Å²) in [5.41, 5.74) is 7.76. The van der Waals surface area contributed by atoms with Crippen molar-refractivity contribution in [1.82, 2.24) is 31.9 Å². The maximum absolute atomic E-state index is 12.5. The fourth-order valence-electron chi connectivity index (χ4n) is 14.1. The second-order valence-electron chi connectivity index (χ2n) is 28.3. The Kier molecular flexibility index (Phi) is 30.0. The molecule has 0 radical (unpaired) electrons. The van der Waals surface area contributed by atoms with E-state index in [0.29, 0.717) is 122 Å². The van der Waals surface area contributed by atoms with Crippen molar-refractivity contribution < 1.29 is 88.2 Å². The molecule has 12 rings (SSSR count). The highest BCUT2D eigenvalue weighted by atomic mass is 16.3. The number of phenols is 6. The van der Waals surface area contributed by atoms with Gasteiger partial charge in [0.05, 0.1) is 33.4 Å². The number of carbonyl (C=O) groups excluding carboxylic acids is 12. The first kappa shape index (κ1) is 87.6. The predicted molar refractivity (Wildman–Crippen MR) is 427 cm³/mol. The van der Waals surface area contributed by atoms with Crippen molar-refractivity contribution in [3.05, 3.63) is 244 Å². The van der Waals surface area contributed by atoms with E-state index in [2.05, 4.69) is 31.9 Å². The van der Waals surface area contributed by atoms with Crippen LogP contribution in [0.25, 0.3) is 0 Å². The summed E-state index contributed by atoms with van der Waals surface area (Å²) >= 11 is 0. The lowest BCUT2D eigenvalue weighted by molar-refractivity contribution is 0.0963. The summed E-state index contributed by atoms with van der Waals surface area (Å²) in [7, 11) is 10.8. The van der Waals surface area contributed by atoms with Crippen LogP contribution in [0.4, 0.5) is 0 Å². The van der Waals surface area contributed by atoms with E-state index >= 15 is 0 Å². The molecule has 588 valence electrons. The Morgan fingerprint density at radius 3 is 1.19 bits per heavy atom. The number of hydrogen-bond acceptors (Lipinski definition) is 24. The zero-order chi connectivity index (χ0) is 83.2. The number of carbonyl (C=O) groups is 12. The molecule has 0 saturated heterocycles. The highest BCUT2D eigenvalue weighted by Crippen LogP contribution is 2.44. The summed E-state index contributed by atoms with van der Waals surface area (Å²) in [6.45, 7) is 20.2. The largest absolute Gasteiger partial charge is 0.507 e. The Balaban J connectivity index is 0.000000187. The van der Waals surface area contributed by atoms with E-state index in [1.807, 2.05) is 55.6 Å². The molecule has 6 atom stereocenters. The van der Waals surface area contributed by atoms with Crippen molar-refractivity contribution >= 4 is 69.4 Å². The number of fused-ring (bicyclic) bond motifs is 6. The number of ketones is 12. The average Bonchev–Trinajstić information content (AvgIpc) is 0.769. The third kappa shape index (κ3) is 18.7. The number of allylic oxidation sites excluding steroid dienone is 8. The van der Waals surface area contributed by atoms with Crippen LogP contribution in [0.2, 0.25) is 0 Å². The molecule has 0 aromatic heterocycles. The Hall–Kier alpha value is -11.6. The molecule has 0 bridgehead atoms. The SMILES string of the molecule is CNC(C)CC1=C(C)C(=O)c2ccccc2C1=O.CNC(C)CC1=CC(=O)c2cccc(O)c2C1=O.CNC(C)Cc1cc(O)c2c(c1O)C(=O)C=CC2=O.CNCC(C)C1=C(C)C(=O)c2cccc(O)c2C1=O.CNCC(C)C1=C(C)C(=O)c2ccccc2C1=O.CNCC(C)c1c(C)c(O)c2c(c1O)C(=O)C=CC2=O. The van der Waals surface area contributed by atoms with Gasteiger partial charge in [-0.25, -0.2) is 0 Å². The number of hydrogen-bond donors (Lipinski definition) is 12. The third-order valence-corrected chi connectivity index (χ3v) is 20.4. The van der Waals surface area contributed by atoms with Crippen LogP contribution in [0, 0.1) is 18.8 Å². The van der Waals surface area contributed by atoms with Crippen LogP contribution in [-0.4, -0.2) is 180 Å².